The molecule has 6 heteroatoms. The van der Waals surface area contributed by atoms with Gasteiger partial charge in [-0.25, -0.2) is 4.39 Å². The lowest BCUT2D eigenvalue weighted by Crippen LogP contribution is -2.19. The summed E-state index contributed by atoms with van der Waals surface area (Å²) in [5.41, 5.74) is -0.231. The number of benzene rings is 2. The molecule has 0 unspecified atom stereocenters. The largest absolute Gasteiger partial charge is 0.573 e. The van der Waals surface area contributed by atoms with Crippen molar-refractivity contribution in [1.82, 2.24) is 0 Å². The van der Waals surface area contributed by atoms with E-state index in [2.05, 4.69) is 4.74 Å². The van der Waals surface area contributed by atoms with Crippen LogP contribution in [0.2, 0.25) is 0 Å². The Labute approximate surface area is 119 Å². The van der Waals surface area contributed by atoms with Gasteiger partial charge in [0.25, 0.3) is 0 Å². The van der Waals surface area contributed by atoms with Crippen LogP contribution in [0.5, 0.6) is 11.5 Å². The molecule has 2 rings (SSSR count). The molecule has 0 aliphatic rings. The number of alkyl halides is 3. The maximum Gasteiger partial charge on any atom is 0.573 e. The summed E-state index contributed by atoms with van der Waals surface area (Å²) in [5.74, 6) is -2.07. The van der Waals surface area contributed by atoms with Crippen LogP contribution in [-0.2, 0) is 5.41 Å². The van der Waals surface area contributed by atoms with Crippen LogP contribution in [0, 0.1) is 5.82 Å². The molecular formula is C15H14F4O2. The molecule has 21 heavy (non-hydrogen) atoms. The highest BCUT2D eigenvalue weighted by Gasteiger charge is 2.34. The second kappa shape index (κ2) is 4.79. The number of hydrogen-bond donors (Lipinski definition) is 1. The van der Waals surface area contributed by atoms with Gasteiger partial charge in [0.05, 0.1) is 0 Å². The zero-order valence-corrected chi connectivity index (χ0v) is 11.7. The minimum absolute atomic E-state index is 0.0117. The third-order valence-corrected chi connectivity index (χ3v) is 3.03. The van der Waals surface area contributed by atoms with Gasteiger partial charge in [-0.05, 0) is 34.6 Å². The minimum Gasteiger partial charge on any atom is -0.508 e. The topological polar surface area (TPSA) is 29.5 Å². The van der Waals surface area contributed by atoms with Crippen molar-refractivity contribution in [2.75, 3.05) is 0 Å². The van der Waals surface area contributed by atoms with E-state index in [4.69, 9.17) is 0 Å². The monoisotopic (exact) mass is 302 g/mol. The van der Waals surface area contributed by atoms with Crippen LogP contribution in [0.4, 0.5) is 17.6 Å². The zero-order valence-electron chi connectivity index (χ0n) is 11.7. The van der Waals surface area contributed by atoms with E-state index < -0.39 is 23.3 Å². The van der Waals surface area contributed by atoms with Gasteiger partial charge in [-0.15, -0.1) is 13.2 Å². The van der Waals surface area contributed by atoms with Crippen LogP contribution in [0.25, 0.3) is 10.8 Å². The van der Waals surface area contributed by atoms with Crippen molar-refractivity contribution in [3.05, 3.63) is 35.6 Å². The Morgan fingerprint density at radius 3 is 2.19 bits per heavy atom. The first kappa shape index (κ1) is 15.4. The van der Waals surface area contributed by atoms with Crippen LogP contribution in [0.15, 0.2) is 24.3 Å². The van der Waals surface area contributed by atoms with E-state index >= 15 is 0 Å². The second-order valence-corrected chi connectivity index (χ2v) is 5.77. The fourth-order valence-electron chi connectivity index (χ4n) is 2.20. The van der Waals surface area contributed by atoms with Gasteiger partial charge in [-0.3, -0.25) is 0 Å². The molecule has 0 saturated heterocycles. The van der Waals surface area contributed by atoms with E-state index in [1.807, 2.05) is 0 Å². The average molecular weight is 302 g/mol. The standard InChI is InChI=1S/C15H14F4O2/c1-14(2,3)10-7-9(20)6-8-4-5-11(16)13(12(8)10)21-15(17,18)19/h4-7,20H,1-3H3. The molecule has 0 aliphatic heterocycles. The van der Waals surface area contributed by atoms with Gasteiger partial charge in [0.2, 0.25) is 0 Å². The molecule has 0 amide bonds. The minimum atomic E-state index is -5.00. The molecule has 0 bridgehead atoms. The lowest BCUT2D eigenvalue weighted by Gasteiger charge is -2.23. The second-order valence-electron chi connectivity index (χ2n) is 5.77. The summed E-state index contributed by atoms with van der Waals surface area (Å²) in [6, 6.07) is 4.79. The van der Waals surface area contributed by atoms with Gasteiger partial charge in [0, 0.05) is 5.39 Å². The highest BCUT2D eigenvalue weighted by atomic mass is 19.4. The molecule has 0 aromatic heterocycles. The number of aromatic hydroxyl groups is 1. The van der Waals surface area contributed by atoms with Crippen molar-refractivity contribution in [3.8, 4) is 11.5 Å². The summed E-state index contributed by atoms with van der Waals surface area (Å²) in [4.78, 5) is 0. The lowest BCUT2D eigenvalue weighted by atomic mass is 9.83. The van der Waals surface area contributed by atoms with Gasteiger partial charge in [0.15, 0.2) is 11.6 Å². The van der Waals surface area contributed by atoms with Crippen LogP contribution in [0.1, 0.15) is 26.3 Å². The van der Waals surface area contributed by atoms with E-state index in [1.54, 1.807) is 20.8 Å². The number of ether oxygens (including phenoxy) is 1. The quantitative estimate of drug-likeness (QED) is 0.761. The third kappa shape index (κ3) is 3.20. The van der Waals surface area contributed by atoms with Crippen molar-refractivity contribution < 1.29 is 27.4 Å². The number of rotatable bonds is 1. The maximum absolute atomic E-state index is 13.8. The van der Waals surface area contributed by atoms with Crippen molar-refractivity contribution in [3.63, 3.8) is 0 Å². The average Bonchev–Trinajstić information content (AvgIpc) is 2.29. The number of phenolic OH excluding ortho intramolecular Hbond substituents is 1. The number of phenols is 1. The SMILES string of the molecule is CC(C)(C)c1cc(O)cc2ccc(F)c(OC(F)(F)F)c12. The maximum atomic E-state index is 13.8. The Morgan fingerprint density at radius 2 is 1.67 bits per heavy atom. The smallest absolute Gasteiger partial charge is 0.508 e. The van der Waals surface area contributed by atoms with Gasteiger partial charge >= 0.3 is 6.36 Å². The van der Waals surface area contributed by atoms with E-state index in [-0.39, 0.29) is 16.5 Å². The summed E-state index contributed by atoms with van der Waals surface area (Å²) in [5, 5.41) is 10.0. The predicted octanol–water partition coefficient (Wildman–Crippen LogP) is 4.88. The third-order valence-electron chi connectivity index (χ3n) is 3.03. The van der Waals surface area contributed by atoms with Crippen LogP contribution >= 0.6 is 0 Å². The predicted molar refractivity (Wildman–Crippen MR) is 71.0 cm³/mol. The van der Waals surface area contributed by atoms with E-state index in [9.17, 15) is 22.7 Å². The van der Waals surface area contributed by atoms with Gasteiger partial charge in [-0.2, -0.15) is 0 Å². The Balaban J connectivity index is 2.87. The Kier molecular flexibility index (Phi) is 3.51. The number of fused-ring (bicyclic) bond motifs is 1. The molecule has 2 aromatic rings. The Bertz CT molecular complexity index is 685. The summed E-state index contributed by atoms with van der Waals surface area (Å²) in [6.07, 6.45) is -5.00. The summed E-state index contributed by atoms with van der Waals surface area (Å²) in [6.45, 7) is 5.26. The molecule has 0 spiro atoms. The molecule has 1 N–H and O–H groups in total. The highest BCUT2D eigenvalue weighted by Crippen LogP contribution is 2.41. The molecule has 0 heterocycles. The molecule has 0 aliphatic carbocycles. The zero-order chi connectivity index (χ0) is 16.0. The van der Waals surface area contributed by atoms with Gasteiger partial charge in [-0.1, -0.05) is 26.8 Å². The normalized spacial score (nSPS) is 12.7. The molecule has 114 valence electrons. The van der Waals surface area contributed by atoms with Crippen LogP contribution in [-0.4, -0.2) is 11.5 Å². The lowest BCUT2D eigenvalue weighted by molar-refractivity contribution is -0.275. The fraction of sp³-hybridized carbons (Fsp3) is 0.333. The number of halogens is 4. The van der Waals surface area contributed by atoms with E-state index in [1.165, 1.54) is 18.2 Å². The molecule has 2 nitrogen and oxygen atoms in total. The van der Waals surface area contributed by atoms with Crippen LogP contribution < -0.4 is 4.74 Å². The summed E-state index contributed by atoms with van der Waals surface area (Å²) >= 11 is 0. The molecular weight excluding hydrogens is 288 g/mol. The van der Waals surface area contributed by atoms with Crippen molar-refractivity contribution in [1.29, 1.82) is 0 Å². The first-order valence-electron chi connectivity index (χ1n) is 6.20. The Hall–Kier alpha value is -1.98. The molecule has 0 saturated carbocycles. The summed E-state index contributed by atoms with van der Waals surface area (Å²) in [7, 11) is 0. The van der Waals surface area contributed by atoms with Gasteiger partial charge < -0.3 is 9.84 Å². The number of hydrogen-bond acceptors (Lipinski definition) is 2. The van der Waals surface area contributed by atoms with Crippen LogP contribution in [0.3, 0.4) is 0 Å². The van der Waals surface area contributed by atoms with E-state index in [0.29, 0.717) is 5.56 Å². The first-order valence-corrected chi connectivity index (χ1v) is 6.20. The van der Waals surface area contributed by atoms with Crippen molar-refractivity contribution in [2.45, 2.75) is 32.5 Å². The first-order chi connectivity index (χ1) is 9.49. The molecule has 0 fully saturated rings. The molecule has 2 aromatic carbocycles. The van der Waals surface area contributed by atoms with Gasteiger partial charge in [0.1, 0.15) is 5.75 Å². The van der Waals surface area contributed by atoms with E-state index in [0.717, 1.165) is 6.07 Å². The molecule has 0 radical (unpaired) electrons. The fourth-order valence-corrected chi connectivity index (χ4v) is 2.20. The molecule has 0 atom stereocenters. The summed E-state index contributed by atoms with van der Waals surface area (Å²) < 4.78 is 55.3. The van der Waals surface area contributed by atoms with Crippen molar-refractivity contribution in [2.24, 2.45) is 0 Å². The Morgan fingerprint density at radius 1 is 1.05 bits per heavy atom. The van der Waals surface area contributed by atoms with Crippen molar-refractivity contribution >= 4 is 10.8 Å². The highest BCUT2D eigenvalue weighted by molar-refractivity contribution is 5.93.